The van der Waals surface area contributed by atoms with E-state index in [0.717, 1.165) is 17.0 Å². The van der Waals surface area contributed by atoms with E-state index in [1.54, 1.807) is 6.07 Å². The van der Waals surface area contributed by atoms with Crippen LogP contribution in [0.5, 0.6) is 5.75 Å². The average Bonchev–Trinajstić information content (AvgIpc) is 2.60. The van der Waals surface area contributed by atoms with Gasteiger partial charge in [0.15, 0.2) is 5.75 Å². The minimum Gasteiger partial charge on any atom is -0.494 e. The van der Waals surface area contributed by atoms with E-state index in [-0.39, 0.29) is 16.3 Å². The summed E-state index contributed by atoms with van der Waals surface area (Å²) in [6.45, 7) is 0. The summed E-state index contributed by atoms with van der Waals surface area (Å²) in [5.41, 5.74) is 0.304. The fraction of sp³-hybridized carbons (Fsp3) is 0.0556. The molecule has 9 heteroatoms. The van der Waals surface area contributed by atoms with Crippen LogP contribution in [0.1, 0.15) is 5.56 Å². The molecular formula is C18H11BrClFN2O4. The zero-order valence-electron chi connectivity index (χ0n) is 13.8. The second kappa shape index (κ2) is 7.50. The van der Waals surface area contributed by atoms with Crippen molar-refractivity contribution in [2.45, 2.75) is 0 Å². The zero-order chi connectivity index (χ0) is 19.7. The topological polar surface area (TPSA) is 75.7 Å². The first-order chi connectivity index (χ1) is 12.8. The predicted octanol–water partition coefficient (Wildman–Crippen LogP) is 3.92. The van der Waals surface area contributed by atoms with Gasteiger partial charge in [0.2, 0.25) is 0 Å². The number of benzene rings is 2. The van der Waals surface area contributed by atoms with E-state index in [0.29, 0.717) is 15.8 Å². The summed E-state index contributed by atoms with van der Waals surface area (Å²) < 4.78 is 18.8. The summed E-state index contributed by atoms with van der Waals surface area (Å²) in [6.07, 6.45) is 1.30. The molecule has 1 aliphatic rings. The number of urea groups is 1. The van der Waals surface area contributed by atoms with Crippen molar-refractivity contribution in [2.75, 3.05) is 12.0 Å². The van der Waals surface area contributed by atoms with Crippen LogP contribution < -0.4 is 15.0 Å². The Kier molecular flexibility index (Phi) is 5.29. The zero-order valence-corrected chi connectivity index (χ0v) is 16.1. The maximum atomic E-state index is 13.1. The first kappa shape index (κ1) is 19.1. The predicted molar refractivity (Wildman–Crippen MR) is 101 cm³/mol. The molecule has 0 aromatic heterocycles. The van der Waals surface area contributed by atoms with Crippen LogP contribution in [0.4, 0.5) is 14.9 Å². The normalized spacial score (nSPS) is 15.9. The monoisotopic (exact) mass is 452 g/mol. The number of nitrogens with zero attached hydrogens (tertiary/aromatic N) is 1. The van der Waals surface area contributed by atoms with Crippen molar-refractivity contribution < 1.29 is 23.5 Å². The van der Waals surface area contributed by atoms with E-state index >= 15 is 0 Å². The molecule has 0 bridgehead atoms. The Balaban J connectivity index is 2.03. The Labute approximate surface area is 166 Å². The highest BCUT2D eigenvalue weighted by atomic mass is 79.9. The molecule has 138 valence electrons. The van der Waals surface area contributed by atoms with Gasteiger partial charge in [0.05, 0.1) is 22.3 Å². The Hall–Kier alpha value is -2.71. The standard InChI is InChI=1S/C18H11BrClFN2O4/c1-27-15-13(19)7-9(8-14(15)20)6-12-16(24)22-18(26)23(17(12)25)11-4-2-10(21)3-5-11/h2-8H,1H3,(H,22,24,26)/b12-6+. The van der Waals surface area contributed by atoms with E-state index in [9.17, 15) is 18.8 Å². The van der Waals surface area contributed by atoms with Gasteiger partial charge in [-0.15, -0.1) is 0 Å². The van der Waals surface area contributed by atoms with E-state index in [4.69, 9.17) is 16.3 Å². The van der Waals surface area contributed by atoms with Crippen molar-refractivity contribution in [1.29, 1.82) is 0 Å². The maximum Gasteiger partial charge on any atom is 0.335 e. The Bertz CT molecular complexity index is 968. The van der Waals surface area contributed by atoms with Crippen LogP contribution in [0.3, 0.4) is 0 Å². The lowest BCUT2D eigenvalue weighted by atomic mass is 10.1. The molecule has 0 aliphatic carbocycles. The Morgan fingerprint density at radius 1 is 1.19 bits per heavy atom. The van der Waals surface area contributed by atoms with Gasteiger partial charge >= 0.3 is 6.03 Å². The molecule has 3 rings (SSSR count). The molecule has 0 saturated carbocycles. The van der Waals surface area contributed by atoms with E-state index in [1.165, 1.54) is 31.4 Å². The molecule has 1 heterocycles. The summed E-state index contributed by atoms with van der Waals surface area (Å²) in [5.74, 6) is -1.79. The second-order valence-corrected chi connectivity index (χ2v) is 6.71. The maximum absolute atomic E-state index is 13.1. The number of halogens is 3. The fourth-order valence-corrected chi connectivity index (χ4v) is 3.57. The first-order valence-corrected chi connectivity index (χ1v) is 8.69. The summed E-state index contributed by atoms with van der Waals surface area (Å²) in [4.78, 5) is 37.8. The SMILES string of the molecule is COc1c(Cl)cc(/C=C2\C(=O)NC(=O)N(c3ccc(F)cc3)C2=O)cc1Br. The Morgan fingerprint density at radius 3 is 2.44 bits per heavy atom. The summed E-state index contributed by atoms with van der Waals surface area (Å²) in [6, 6.07) is 6.95. The number of anilines is 1. The van der Waals surface area contributed by atoms with Gasteiger partial charge in [0.1, 0.15) is 11.4 Å². The largest absolute Gasteiger partial charge is 0.494 e. The number of methoxy groups -OCH3 is 1. The number of carbonyl (C=O) groups excluding carboxylic acids is 3. The number of rotatable bonds is 3. The number of hydrogen-bond donors (Lipinski definition) is 1. The van der Waals surface area contributed by atoms with Crippen molar-refractivity contribution in [2.24, 2.45) is 0 Å². The molecule has 0 spiro atoms. The van der Waals surface area contributed by atoms with Crippen LogP contribution in [0.25, 0.3) is 6.08 Å². The van der Waals surface area contributed by atoms with Crippen LogP contribution in [-0.2, 0) is 9.59 Å². The van der Waals surface area contributed by atoms with Gasteiger partial charge in [0.25, 0.3) is 11.8 Å². The molecule has 2 aromatic carbocycles. The molecular weight excluding hydrogens is 443 g/mol. The van der Waals surface area contributed by atoms with Crippen molar-refractivity contribution in [1.82, 2.24) is 5.32 Å². The molecule has 27 heavy (non-hydrogen) atoms. The molecule has 1 saturated heterocycles. The fourth-order valence-electron chi connectivity index (χ4n) is 2.51. The Morgan fingerprint density at radius 2 is 1.85 bits per heavy atom. The quantitative estimate of drug-likeness (QED) is 0.565. The number of ether oxygens (including phenoxy) is 1. The molecule has 0 radical (unpaired) electrons. The lowest BCUT2D eigenvalue weighted by Crippen LogP contribution is -2.54. The minimum absolute atomic E-state index is 0.131. The van der Waals surface area contributed by atoms with Crippen LogP contribution >= 0.6 is 27.5 Å². The van der Waals surface area contributed by atoms with E-state index in [2.05, 4.69) is 21.2 Å². The number of carbonyl (C=O) groups is 3. The summed E-state index contributed by atoms with van der Waals surface area (Å²) >= 11 is 9.41. The summed E-state index contributed by atoms with van der Waals surface area (Å²) in [5, 5.41) is 2.36. The van der Waals surface area contributed by atoms with Gasteiger partial charge in [0, 0.05) is 0 Å². The van der Waals surface area contributed by atoms with Gasteiger partial charge in [-0.1, -0.05) is 11.6 Å². The number of amides is 4. The van der Waals surface area contributed by atoms with Crippen LogP contribution in [0.15, 0.2) is 46.4 Å². The van der Waals surface area contributed by atoms with Gasteiger partial charge in [-0.2, -0.15) is 0 Å². The molecule has 1 aliphatic heterocycles. The van der Waals surface area contributed by atoms with Crippen LogP contribution in [0.2, 0.25) is 5.02 Å². The van der Waals surface area contributed by atoms with Crippen molar-refractivity contribution in [3.05, 3.63) is 62.8 Å². The number of imide groups is 2. The highest BCUT2D eigenvalue weighted by molar-refractivity contribution is 9.10. The molecule has 2 aromatic rings. The van der Waals surface area contributed by atoms with Crippen LogP contribution in [-0.4, -0.2) is 25.0 Å². The van der Waals surface area contributed by atoms with Gasteiger partial charge < -0.3 is 4.74 Å². The van der Waals surface area contributed by atoms with Crippen molar-refractivity contribution >= 4 is 57.1 Å². The van der Waals surface area contributed by atoms with Gasteiger partial charge in [-0.05, 0) is 64.0 Å². The third kappa shape index (κ3) is 3.72. The molecule has 4 amide bonds. The molecule has 1 fully saturated rings. The molecule has 0 unspecified atom stereocenters. The third-order valence-electron chi connectivity index (χ3n) is 3.72. The van der Waals surface area contributed by atoms with Gasteiger partial charge in [-0.25, -0.2) is 14.1 Å². The molecule has 6 nitrogen and oxygen atoms in total. The van der Waals surface area contributed by atoms with E-state index < -0.39 is 23.7 Å². The van der Waals surface area contributed by atoms with Crippen LogP contribution in [0, 0.1) is 5.82 Å². The smallest absolute Gasteiger partial charge is 0.335 e. The number of nitrogens with one attached hydrogen (secondary N) is 1. The lowest BCUT2D eigenvalue weighted by molar-refractivity contribution is -0.122. The van der Waals surface area contributed by atoms with Crippen molar-refractivity contribution in [3.8, 4) is 5.75 Å². The molecule has 0 atom stereocenters. The lowest BCUT2D eigenvalue weighted by Gasteiger charge is -2.26. The van der Waals surface area contributed by atoms with Gasteiger partial charge in [-0.3, -0.25) is 14.9 Å². The average molecular weight is 454 g/mol. The highest BCUT2D eigenvalue weighted by Crippen LogP contribution is 2.35. The molecule has 1 N–H and O–H groups in total. The third-order valence-corrected chi connectivity index (χ3v) is 4.59. The summed E-state index contributed by atoms with van der Waals surface area (Å²) in [7, 11) is 1.45. The highest BCUT2D eigenvalue weighted by Gasteiger charge is 2.36. The minimum atomic E-state index is -0.914. The number of hydrogen-bond acceptors (Lipinski definition) is 4. The van der Waals surface area contributed by atoms with Crippen molar-refractivity contribution in [3.63, 3.8) is 0 Å². The van der Waals surface area contributed by atoms with E-state index in [1.807, 2.05) is 0 Å². The number of barbiturate groups is 1. The second-order valence-electron chi connectivity index (χ2n) is 5.45. The first-order valence-electron chi connectivity index (χ1n) is 7.52.